The lowest BCUT2D eigenvalue weighted by Crippen LogP contribution is -2.12. The minimum atomic E-state index is 1.07. The molecule has 0 aliphatic heterocycles. The van der Waals surface area contributed by atoms with Gasteiger partial charge in [0.1, 0.15) is 0 Å². The van der Waals surface area contributed by atoms with Crippen LogP contribution in [-0.4, -0.2) is 4.57 Å². The molecule has 2 heteroatoms. The maximum Gasteiger partial charge on any atom is 0.0618 e. The largest absolute Gasteiger partial charge is 0.309 e. The maximum atomic E-state index is 2.48. The normalized spacial score (nSPS) is 11.5. The van der Waals surface area contributed by atoms with Crippen molar-refractivity contribution in [3.63, 3.8) is 0 Å². The van der Waals surface area contributed by atoms with E-state index in [4.69, 9.17) is 0 Å². The molecule has 2 nitrogen and oxygen atoms in total. The second kappa shape index (κ2) is 16.5. The van der Waals surface area contributed by atoms with Crippen molar-refractivity contribution in [3.05, 3.63) is 267 Å². The average Bonchev–Trinajstić information content (AvgIpc) is 3.75. The second-order valence-electron chi connectivity index (χ2n) is 17.6. The molecule has 0 aliphatic rings. The first-order valence-corrected chi connectivity index (χ1v) is 23.4. The molecule has 68 heavy (non-hydrogen) atoms. The summed E-state index contributed by atoms with van der Waals surface area (Å²) in [5.74, 6) is 0. The first kappa shape index (κ1) is 39.4. The van der Waals surface area contributed by atoms with Gasteiger partial charge in [-0.25, -0.2) is 0 Å². The number of nitrogens with zero attached hydrogens (tertiary/aromatic N) is 2. The molecule has 0 bridgehead atoms. The molecule has 13 aromatic rings. The Kier molecular flexibility index (Phi) is 9.54. The summed E-state index contributed by atoms with van der Waals surface area (Å²) in [6.07, 6.45) is 0. The number of benzene rings is 12. The molecular formula is C66H44N2. The predicted octanol–water partition coefficient (Wildman–Crippen LogP) is 18.4. The summed E-state index contributed by atoms with van der Waals surface area (Å²) in [7, 11) is 0. The topological polar surface area (TPSA) is 8.17 Å². The van der Waals surface area contributed by atoms with Crippen LogP contribution in [0.4, 0.5) is 17.1 Å². The Hall–Kier alpha value is -8.98. The van der Waals surface area contributed by atoms with Gasteiger partial charge in [0.25, 0.3) is 0 Å². The van der Waals surface area contributed by atoms with Crippen molar-refractivity contribution in [2.45, 2.75) is 0 Å². The van der Waals surface area contributed by atoms with Crippen LogP contribution in [-0.2, 0) is 0 Å². The summed E-state index contributed by atoms with van der Waals surface area (Å²) >= 11 is 0. The summed E-state index contributed by atoms with van der Waals surface area (Å²) < 4.78 is 2.48. The van der Waals surface area contributed by atoms with E-state index in [0.717, 1.165) is 39.4 Å². The zero-order valence-electron chi connectivity index (χ0n) is 37.3. The quantitative estimate of drug-likeness (QED) is 0.148. The molecule has 0 N–H and O–H groups in total. The third-order valence-electron chi connectivity index (χ3n) is 13.8. The smallest absolute Gasteiger partial charge is 0.0618 e. The highest BCUT2D eigenvalue weighted by Crippen LogP contribution is 2.47. The first-order valence-electron chi connectivity index (χ1n) is 23.4. The van der Waals surface area contributed by atoms with Crippen LogP contribution in [0.2, 0.25) is 0 Å². The molecule has 1 heterocycles. The van der Waals surface area contributed by atoms with Crippen LogP contribution in [0.3, 0.4) is 0 Å². The Morgan fingerprint density at radius 2 is 0.750 bits per heavy atom. The Morgan fingerprint density at radius 1 is 0.250 bits per heavy atom. The fourth-order valence-corrected chi connectivity index (χ4v) is 10.7. The molecule has 0 aliphatic carbocycles. The molecule has 0 saturated carbocycles. The summed E-state index contributed by atoms with van der Waals surface area (Å²) in [5.41, 5.74) is 16.3. The van der Waals surface area contributed by atoms with Gasteiger partial charge >= 0.3 is 0 Å². The number of aromatic nitrogens is 1. The van der Waals surface area contributed by atoms with Crippen LogP contribution in [0.15, 0.2) is 267 Å². The van der Waals surface area contributed by atoms with Gasteiger partial charge in [-0.05, 0) is 97.2 Å². The van der Waals surface area contributed by atoms with Gasteiger partial charge in [-0.2, -0.15) is 0 Å². The van der Waals surface area contributed by atoms with Crippen molar-refractivity contribution in [1.82, 2.24) is 4.57 Å². The van der Waals surface area contributed by atoms with Crippen molar-refractivity contribution in [2.75, 3.05) is 4.90 Å². The molecule has 12 aromatic carbocycles. The van der Waals surface area contributed by atoms with Crippen LogP contribution in [0.1, 0.15) is 0 Å². The van der Waals surface area contributed by atoms with E-state index in [-0.39, 0.29) is 0 Å². The predicted molar refractivity (Wildman–Crippen MR) is 290 cm³/mol. The minimum Gasteiger partial charge on any atom is -0.309 e. The van der Waals surface area contributed by atoms with E-state index in [1.54, 1.807) is 0 Å². The van der Waals surface area contributed by atoms with E-state index in [0.29, 0.717) is 0 Å². The molecule has 0 unspecified atom stereocenters. The highest BCUT2D eigenvalue weighted by Gasteiger charge is 2.23. The first-order chi connectivity index (χ1) is 33.8. The monoisotopic (exact) mass is 864 g/mol. The van der Waals surface area contributed by atoms with Gasteiger partial charge in [-0.3, -0.25) is 0 Å². The van der Waals surface area contributed by atoms with Crippen LogP contribution in [0, 0.1) is 0 Å². The minimum absolute atomic E-state index is 1.07. The van der Waals surface area contributed by atoms with E-state index >= 15 is 0 Å². The van der Waals surface area contributed by atoms with Gasteiger partial charge in [-0.1, -0.05) is 224 Å². The number of hydrogen-bond acceptors (Lipinski definition) is 1. The Morgan fingerprint density at radius 3 is 1.50 bits per heavy atom. The molecule has 0 spiro atoms. The van der Waals surface area contributed by atoms with E-state index in [9.17, 15) is 0 Å². The Bertz CT molecular complexity index is 3970. The van der Waals surface area contributed by atoms with Crippen molar-refractivity contribution < 1.29 is 0 Å². The number of para-hydroxylation sites is 4. The van der Waals surface area contributed by atoms with Gasteiger partial charge < -0.3 is 9.47 Å². The highest BCUT2D eigenvalue weighted by atomic mass is 15.1. The van der Waals surface area contributed by atoms with Crippen molar-refractivity contribution in [3.8, 4) is 50.2 Å². The van der Waals surface area contributed by atoms with Gasteiger partial charge in [0.05, 0.1) is 28.1 Å². The number of hydrogen-bond donors (Lipinski definition) is 0. The van der Waals surface area contributed by atoms with Crippen LogP contribution < -0.4 is 4.90 Å². The van der Waals surface area contributed by atoms with Gasteiger partial charge in [0.2, 0.25) is 0 Å². The second-order valence-corrected chi connectivity index (χ2v) is 17.6. The Labute approximate surface area is 395 Å². The summed E-state index contributed by atoms with van der Waals surface area (Å²) in [5, 5.41) is 9.81. The zero-order valence-corrected chi connectivity index (χ0v) is 37.3. The molecule has 0 fully saturated rings. The van der Waals surface area contributed by atoms with Crippen molar-refractivity contribution in [1.29, 1.82) is 0 Å². The summed E-state index contributed by atoms with van der Waals surface area (Å²) in [6.45, 7) is 0. The van der Waals surface area contributed by atoms with Gasteiger partial charge in [0, 0.05) is 38.5 Å². The third-order valence-corrected chi connectivity index (χ3v) is 13.8. The van der Waals surface area contributed by atoms with Gasteiger partial charge in [-0.15, -0.1) is 0 Å². The molecular weight excluding hydrogens is 821 g/mol. The number of anilines is 3. The van der Waals surface area contributed by atoms with E-state index in [1.807, 2.05) is 0 Å². The standard InChI is InChI=1S/C66H44N2/c1-2-19-47(20-3-1)54-30-17-31-55(66(54)68-63-34-14-11-28-60(63)61-29-12-15-35-64(61)68)48-38-40-51(41-39-48)67(62-33-13-10-25-53(62)50-37-36-45-18-4-5-22-49(45)44-50)65-43-42-58(57-26-8-9-27-59(57)65)56-32-16-23-46-21-6-7-24-52(46)56/h1-44H. The van der Waals surface area contributed by atoms with Crippen LogP contribution in [0.5, 0.6) is 0 Å². The fraction of sp³-hybridized carbons (Fsp3) is 0. The maximum absolute atomic E-state index is 2.48. The van der Waals surface area contributed by atoms with Crippen molar-refractivity contribution >= 4 is 71.2 Å². The lowest BCUT2D eigenvalue weighted by Gasteiger charge is -2.30. The van der Waals surface area contributed by atoms with Crippen LogP contribution >= 0.6 is 0 Å². The molecule has 1 aromatic heterocycles. The molecule has 13 rings (SSSR count). The van der Waals surface area contributed by atoms with E-state index in [1.165, 1.54) is 81.9 Å². The molecule has 0 amide bonds. The molecule has 0 atom stereocenters. The highest BCUT2D eigenvalue weighted by molar-refractivity contribution is 6.12. The van der Waals surface area contributed by atoms with E-state index in [2.05, 4.69) is 276 Å². The average molecular weight is 865 g/mol. The molecule has 0 saturated heterocycles. The Balaban J connectivity index is 1.03. The SMILES string of the molecule is c1ccc(-c2cccc(-c3ccc(N(c4ccccc4-c4ccc5ccccc5c4)c4ccc(-c5cccc6ccccc56)c5ccccc45)cc3)c2-n2c3ccccc3c3ccccc32)cc1. The number of fused-ring (bicyclic) bond motifs is 6. The lowest BCUT2D eigenvalue weighted by molar-refractivity contribution is 1.18. The van der Waals surface area contributed by atoms with E-state index < -0.39 is 0 Å². The number of rotatable bonds is 8. The molecule has 318 valence electrons. The third kappa shape index (κ3) is 6.57. The fourth-order valence-electron chi connectivity index (χ4n) is 10.7. The van der Waals surface area contributed by atoms with Gasteiger partial charge in [0.15, 0.2) is 0 Å². The zero-order chi connectivity index (χ0) is 45.0. The lowest BCUT2D eigenvalue weighted by atomic mass is 9.92. The summed E-state index contributed by atoms with van der Waals surface area (Å²) in [6, 6.07) is 97.6. The molecule has 0 radical (unpaired) electrons. The summed E-state index contributed by atoms with van der Waals surface area (Å²) in [4.78, 5) is 2.47. The van der Waals surface area contributed by atoms with Crippen molar-refractivity contribution in [2.24, 2.45) is 0 Å². The van der Waals surface area contributed by atoms with Crippen LogP contribution in [0.25, 0.3) is 104 Å².